The minimum Gasteiger partial charge on any atom is -0.324 e. The normalized spacial score (nSPS) is 10.7. The van der Waals surface area contributed by atoms with Gasteiger partial charge < -0.3 is 5.32 Å². The van der Waals surface area contributed by atoms with Crippen LogP contribution in [0, 0.1) is 20.8 Å². The van der Waals surface area contributed by atoms with Gasteiger partial charge in [-0.15, -0.1) is 0 Å². The zero-order chi connectivity index (χ0) is 19.6. The van der Waals surface area contributed by atoms with Gasteiger partial charge in [-0.05, 0) is 50.1 Å². The van der Waals surface area contributed by atoms with Crippen LogP contribution < -0.4 is 10.9 Å². The van der Waals surface area contributed by atoms with Crippen LogP contribution in [0.5, 0.6) is 0 Å². The summed E-state index contributed by atoms with van der Waals surface area (Å²) in [7, 11) is 0. The maximum absolute atomic E-state index is 12.5. The lowest BCUT2D eigenvalue weighted by Gasteiger charge is -2.13. The summed E-state index contributed by atoms with van der Waals surface area (Å²) in [6.07, 6.45) is 0. The van der Waals surface area contributed by atoms with E-state index in [2.05, 4.69) is 10.4 Å². The molecule has 0 fully saturated rings. The van der Waals surface area contributed by atoms with E-state index in [0.29, 0.717) is 10.7 Å². The van der Waals surface area contributed by atoms with E-state index in [1.807, 2.05) is 45.0 Å². The molecule has 0 unspecified atom stereocenters. The number of anilines is 1. The Hall–Kier alpha value is -2.92. The predicted octanol–water partition coefficient (Wildman–Crippen LogP) is 4.13. The molecule has 0 atom stereocenters. The molecule has 0 aliphatic rings. The van der Waals surface area contributed by atoms with Crippen LogP contribution in [-0.4, -0.2) is 15.7 Å². The highest BCUT2D eigenvalue weighted by atomic mass is 35.5. The molecule has 2 aromatic carbocycles. The van der Waals surface area contributed by atoms with Gasteiger partial charge in [-0.1, -0.05) is 41.4 Å². The lowest BCUT2D eigenvalue weighted by molar-refractivity contribution is -0.117. The Morgan fingerprint density at radius 2 is 1.67 bits per heavy atom. The average molecular weight is 382 g/mol. The van der Waals surface area contributed by atoms with E-state index in [1.54, 1.807) is 18.2 Å². The number of nitrogens with one attached hydrogen (secondary N) is 1. The highest BCUT2D eigenvalue weighted by Crippen LogP contribution is 2.22. The monoisotopic (exact) mass is 381 g/mol. The van der Waals surface area contributed by atoms with Crippen molar-refractivity contribution < 1.29 is 4.79 Å². The van der Waals surface area contributed by atoms with Crippen molar-refractivity contribution >= 4 is 23.2 Å². The third kappa shape index (κ3) is 4.44. The second-order valence-corrected chi connectivity index (χ2v) is 6.98. The molecule has 1 N–H and O–H groups in total. The first-order valence-corrected chi connectivity index (χ1v) is 8.93. The quantitative estimate of drug-likeness (QED) is 0.739. The summed E-state index contributed by atoms with van der Waals surface area (Å²) >= 11 is 5.91. The summed E-state index contributed by atoms with van der Waals surface area (Å²) in [5.41, 5.74) is 4.96. The van der Waals surface area contributed by atoms with E-state index in [4.69, 9.17) is 11.6 Å². The predicted molar refractivity (Wildman–Crippen MR) is 108 cm³/mol. The van der Waals surface area contributed by atoms with Crippen LogP contribution in [0.3, 0.4) is 0 Å². The van der Waals surface area contributed by atoms with Crippen molar-refractivity contribution in [2.45, 2.75) is 27.3 Å². The second kappa shape index (κ2) is 7.76. The molecule has 0 saturated carbocycles. The number of amides is 1. The summed E-state index contributed by atoms with van der Waals surface area (Å²) in [5.74, 6) is -0.298. The second-order valence-electron chi connectivity index (χ2n) is 6.54. The number of carbonyl (C=O) groups is 1. The molecule has 0 spiro atoms. The number of carbonyl (C=O) groups excluding carboxylic acids is 1. The minimum absolute atomic E-state index is 0.160. The molecule has 138 valence electrons. The lowest BCUT2D eigenvalue weighted by Crippen LogP contribution is -2.29. The molecular weight excluding hydrogens is 362 g/mol. The molecule has 0 aliphatic carbocycles. The number of aromatic nitrogens is 2. The molecule has 1 heterocycles. The van der Waals surface area contributed by atoms with Gasteiger partial charge in [0.15, 0.2) is 0 Å². The first kappa shape index (κ1) is 18.9. The molecular formula is C21H20ClN3O2. The largest absolute Gasteiger partial charge is 0.324 e. The van der Waals surface area contributed by atoms with Crippen molar-refractivity contribution in [3.8, 4) is 11.3 Å². The Kier molecular flexibility index (Phi) is 5.42. The molecule has 0 aliphatic heterocycles. The van der Waals surface area contributed by atoms with Gasteiger partial charge in [-0.2, -0.15) is 5.10 Å². The molecule has 5 nitrogen and oxygen atoms in total. The number of benzene rings is 2. The highest BCUT2D eigenvalue weighted by molar-refractivity contribution is 6.30. The standard InChI is InChI=1S/C21H20ClN3O2/c1-13-10-14(2)21(15(3)11-13)23-19(26)12-25-20(27)9-8-18(24-25)16-4-6-17(22)7-5-16/h4-11H,12H2,1-3H3,(H,23,26). The van der Waals surface area contributed by atoms with Crippen molar-refractivity contribution in [3.05, 3.63) is 80.6 Å². The summed E-state index contributed by atoms with van der Waals surface area (Å²) < 4.78 is 1.16. The number of nitrogens with zero attached hydrogens (tertiary/aromatic N) is 2. The molecule has 0 saturated heterocycles. The third-order valence-electron chi connectivity index (χ3n) is 4.24. The fourth-order valence-electron chi connectivity index (χ4n) is 3.03. The van der Waals surface area contributed by atoms with E-state index in [1.165, 1.54) is 6.07 Å². The fraction of sp³-hybridized carbons (Fsp3) is 0.190. The maximum Gasteiger partial charge on any atom is 0.267 e. The average Bonchev–Trinajstić information content (AvgIpc) is 2.61. The van der Waals surface area contributed by atoms with Crippen LogP contribution in [0.15, 0.2) is 53.3 Å². The van der Waals surface area contributed by atoms with Crippen LogP contribution in [0.2, 0.25) is 5.02 Å². The van der Waals surface area contributed by atoms with Gasteiger partial charge in [0.1, 0.15) is 6.54 Å². The van der Waals surface area contributed by atoms with Gasteiger partial charge in [0.25, 0.3) is 5.56 Å². The zero-order valence-electron chi connectivity index (χ0n) is 15.4. The first-order valence-electron chi connectivity index (χ1n) is 8.55. The summed E-state index contributed by atoms with van der Waals surface area (Å²) in [6.45, 7) is 5.74. The van der Waals surface area contributed by atoms with Crippen LogP contribution in [0.4, 0.5) is 5.69 Å². The van der Waals surface area contributed by atoms with Crippen LogP contribution in [-0.2, 0) is 11.3 Å². The third-order valence-corrected chi connectivity index (χ3v) is 4.49. The molecule has 3 aromatic rings. The Balaban J connectivity index is 1.83. The fourth-order valence-corrected chi connectivity index (χ4v) is 3.15. The van der Waals surface area contributed by atoms with Crippen LogP contribution in [0.1, 0.15) is 16.7 Å². The number of aryl methyl sites for hydroxylation is 3. The van der Waals surface area contributed by atoms with Crippen molar-refractivity contribution in [2.24, 2.45) is 0 Å². The molecule has 0 bridgehead atoms. The number of hydrogen-bond acceptors (Lipinski definition) is 3. The highest BCUT2D eigenvalue weighted by Gasteiger charge is 2.11. The molecule has 6 heteroatoms. The maximum atomic E-state index is 12.5. The van der Waals surface area contributed by atoms with Crippen LogP contribution >= 0.6 is 11.6 Å². The van der Waals surface area contributed by atoms with Crippen LogP contribution in [0.25, 0.3) is 11.3 Å². The van der Waals surface area contributed by atoms with Gasteiger partial charge >= 0.3 is 0 Å². The summed E-state index contributed by atoms with van der Waals surface area (Å²) in [6, 6.07) is 14.2. The molecule has 0 radical (unpaired) electrons. The Morgan fingerprint density at radius 1 is 1.04 bits per heavy atom. The van der Waals surface area contributed by atoms with Crippen molar-refractivity contribution in [2.75, 3.05) is 5.32 Å². The zero-order valence-corrected chi connectivity index (χ0v) is 16.2. The topological polar surface area (TPSA) is 64.0 Å². The molecule has 1 amide bonds. The molecule has 1 aromatic heterocycles. The molecule has 3 rings (SSSR count). The van der Waals surface area contributed by atoms with E-state index >= 15 is 0 Å². The van der Waals surface area contributed by atoms with Gasteiger partial charge in [0.2, 0.25) is 5.91 Å². The Morgan fingerprint density at radius 3 is 2.30 bits per heavy atom. The van der Waals surface area contributed by atoms with E-state index in [-0.39, 0.29) is 18.0 Å². The van der Waals surface area contributed by atoms with Gasteiger partial charge in [-0.3, -0.25) is 9.59 Å². The molecule has 27 heavy (non-hydrogen) atoms. The van der Waals surface area contributed by atoms with Crippen molar-refractivity contribution in [1.82, 2.24) is 9.78 Å². The van der Waals surface area contributed by atoms with Crippen molar-refractivity contribution in [3.63, 3.8) is 0 Å². The van der Waals surface area contributed by atoms with Gasteiger partial charge in [0, 0.05) is 22.3 Å². The van der Waals surface area contributed by atoms with Gasteiger partial charge in [-0.25, -0.2) is 4.68 Å². The van der Waals surface area contributed by atoms with E-state index < -0.39 is 0 Å². The Bertz CT molecular complexity index is 1030. The number of halogens is 1. The SMILES string of the molecule is Cc1cc(C)c(NC(=O)Cn2nc(-c3ccc(Cl)cc3)ccc2=O)c(C)c1. The van der Waals surface area contributed by atoms with E-state index in [9.17, 15) is 9.59 Å². The lowest BCUT2D eigenvalue weighted by atomic mass is 10.1. The summed E-state index contributed by atoms with van der Waals surface area (Å²) in [5, 5.41) is 7.83. The van der Waals surface area contributed by atoms with Gasteiger partial charge in [0.05, 0.1) is 5.69 Å². The Labute approximate surface area is 162 Å². The first-order chi connectivity index (χ1) is 12.8. The number of hydrogen-bond donors (Lipinski definition) is 1. The smallest absolute Gasteiger partial charge is 0.267 e. The van der Waals surface area contributed by atoms with Crippen molar-refractivity contribution in [1.29, 1.82) is 0 Å². The number of rotatable bonds is 4. The summed E-state index contributed by atoms with van der Waals surface area (Å²) in [4.78, 5) is 24.6. The minimum atomic E-state index is -0.333. The van der Waals surface area contributed by atoms with E-state index in [0.717, 1.165) is 32.6 Å².